The molecule has 9 heteroatoms. The van der Waals surface area contributed by atoms with Crippen LogP contribution >= 0.6 is 11.3 Å². The van der Waals surface area contributed by atoms with Gasteiger partial charge in [-0.2, -0.15) is 0 Å². The maximum Gasteiger partial charge on any atom is 0.254 e. The van der Waals surface area contributed by atoms with Crippen LogP contribution in [0.4, 0.5) is 10.2 Å². The number of nitrogens with two attached hydrogens (primary N) is 1. The molecule has 0 aromatic carbocycles. The largest absolute Gasteiger partial charge is 0.380 e. The van der Waals surface area contributed by atoms with E-state index in [1.807, 2.05) is 12.1 Å². The topological polar surface area (TPSA) is 102 Å². The van der Waals surface area contributed by atoms with Crippen molar-refractivity contribution < 1.29 is 13.9 Å². The van der Waals surface area contributed by atoms with Crippen LogP contribution in [0.5, 0.6) is 0 Å². The molecular formula is C19H18FN5O2S. The molecule has 5 heterocycles. The van der Waals surface area contributed by atoms with Gasteiger partial charge in [0, 0.05) is 53.3 Å². The van der Waals surface area contributed by atoms with Crippen molar-refractivity contribution in [1.82, 2.24) is 15.3 Å². The SMILES string of the molecule is N[C@H]1COCC[C@H]1Nc1nc(-c2cc3cnccc3s2)c2c(c1F)CNC2=O. The summed E-state index contributed by atoms with van der Waals surface area (Å²) in [5, 5.41) is 6.82. The molecule has 0 aliphatic carbocycles. The number of aromatic nitrogens is 2. The van der Waals surface area contributed by atoms with Crippen molar-refractivity contribution in [3.05, 3.63) is 41.5 Å². The number of hydrogen-bond acceptors (Lipinski definition) is 7. The average Bonchev–Trinajstić information content (AvgIpc) is 3.30. The number of carbonyl (C=O) groups excluding carboxylic acids is 1. The van der Waals surface area contributed by atoms with E-state index in [0.717, 1.165) is 15.0 Å². The first-order valence-electron chi connectivity index (χ1n) is 9.06. The number of fused-ring (bicyclic) bond motifs is 2. The first-order valence-corrected chi connectivity index (χ1v) is 9.88. The predicted molar refractivity (Wildman–Crippen MR) is 105 cm³/mol. The lowest BCUT2D eigenvalue weighted by Gasteiger charge is -2.30. The van der Waals surface area contributed by atoms with Crippen molar-refractivity contribution in [2.45, 2.75) is 25.0 Å². The fourth-order valence-corrected chi connectivity index (χ4v) is 4.70. The summed E-state index contributed by atoms with van der Waals surface area (Å²) in [7, 11) is 0. The minimum Gasteiger partial charge on any atom is -0.380 e. The smallest absolute Gasteiger partial charge is 0.254 e. The minimum atomic E-state index is -0.501. The molecular weight excluding hydrogens is 381 g/mol. The van der Waals surface area contributed by atoms with Gasteiger partial charge in [-0.05, 0) is 18.6 Å². The van der Waals surface area contributed by atoms with E-state index < -0.39 is 5.82 Å². The van der Waals surface area contributed by atoms with Crippen LogP contribution < -0.4 is 16.4 Å². The van der Waals surface area contributed by atoms with Crippen LogP contribution in [0.25, 0.3) is 20.7 Å². The monoisotopic (exact) mass is 399 g/mol. The molecule has 3 aromatic rings. The third-order valence-electron chi connectivity index (χ3n) is 5.16. The lowest BCUT2D eigenvalue weighted by atomic mass is 10.0. The van der Waals surface area contributed by atoms with Gasteiger partial charge in [-0.1, -0.05) is 0 Å². The second-order valence-corrected chi connectivity index (χ2v) is 8.05. The van der Waals surface area contributed by atoms with E-state index in [1.165, 1.54) is 11.3 Å². The summed E-state index contributed by atoms with van der Waals surface area (Å²) in [6, 6.07) is 3.46. The van der Waals surface area contributed by atoms with Crippen LogP contribution in [0.3, 0.4) is 0 Å². The number of amides is 1. The molecule has 0 radical (unpaired) electrons. The fourth-order valence-electron chi connectivity index (χ4n) is 3.67. The lowest BCUT2D eigenvalue weighted by molar-refractivity contribution is 0.0751. The Hall–Kier alpha value is -2.62. The van der Waals surface area contributed by atoms with Crippen LogP contribution in [0.15, 0.2) is 24.5 Å². The van der Waals surface area contributed by atoms with Gasteiger partial charge in [0.25, 0.3) is 5.91 Å². The van der Waals surface area contributed by atoms with E-state index in [1.54, 1.807) is 12.4 Å². The van der Waals surface area contributed by atoms with E-state index in [-0.39, 0.29) is 30.4 Å². The van der Waals surface area contributed by atoms with Gasteiger partial charge in [-0.25, -0.2) is 9.37 Å². The molecule has 1 saturated heterocycles. The average molecular weight is 399 g/mol. The van der Waals surface area contributed by atoms with E-state index in [9.17, 15) is 4.79 Å². The van der Waals surface area contributed by atoms with E-state index in [0.29, 0.717) is 36.5 Å². The maximum absolute atomic E-state index is 15.1. The molecule has 3 aromatic heterocycles. The Morgan fingerprint density at radius 2 is 2.32 bits per heavy atom. The Kier molecular flexibility index (Phi) is 4.22. The molecule has 0 unspecified atom stereocenters. The molecule has 0 bridgehead atoms. The number of anilines is 1. The van der Waals surface area contributed by atoms with Crippen molar-refractivity contribution in [1.29, 1.82) is 0 Å². The molecule has 0 saturated carbocycles. The molecule has 2 atom stereocenters. The molecule has 7 nitrogen and oxygen atoms in total. The standard InChI is InChI=1S/C19H18FN5O2S/c20-16-10-7-23-19(26)15(10)17(14-5-9-6-22-3-1-13(9)28-14)25-18(16)24-12-2-4-27-8-11(12)21/h1,3,5-6,11-12H,2,4,7-8,21H2,(H,23,26)(H,24,25)/t11-,12+/m0/s1. The lowest BCUT2D eigenvalue weighted by Crippen LogP contribution is -2.48. The highest BCUT2D eigenvalue weighted by atomic mass is 32.1. The summed E-state index contributed by atoms with van der Waals surface area (Å²) in [6.07, 6.45) is 4.15. The number of halogens is 1. The third-order valence-corrected chi connectivity index (χ3v) is 6.28. The normalized spacial score (nSPS) is 21.6. The summed E-state index contributed by atoms with van der Waals surface area (Å²) in [5.41, 5.74) is 7.23. The second-order valence-electron chi connectivity index (χ2n) is 6.96. The van der Waals surface area contributed by atoms with Crippen molar-refractivity contribution in [2.24, 2.45) is 5.73 Å². The van der Waals surface area contributed by atoms with Gasteiger partial charge < -0.3 is 21.1 Å². The molecule has 2 aliphatic rings. The van der Waals surface area contributed by atoms with Gasteiger partial charge in [0.05, 0.1) is 22.7 Å². The van der Waals surface area contributed by atoms with Gasteiger partial charge in [0.15, 0.2) is 11.6 Å². The number of thiophene rings is 1. The van der Waals surface area contributed by atoms with Crippen LogP contribution in [0.2, 0.25) is 0 Å². The number of pyridine rings is 2. The number of ether oxygens (including phenoxy) is 1. The molecule has 4 N–H and O–H groups in total. The number of nitrogens with zero attached hydrogens (tertiary/aromatic N) is 2. The Labute approximate surface area is 164 Å². The number of carbonyl (C=O) groups is 1. The quantitative estimate of drug-likeness (QED) is 0.624. The highest BCUT2D eigenvalue weighted by molar-refractivity contribution is 7.22. The fraction of sp³-hybridized carbons (Fsp3) is 0.316. The minimum absolute atomic E-state index is 0.128. The summed E-state index contributed by atoms with van der Waals surface area (Å²) >= 11 is 1.50. The zero-order valence-corrected chi connectivity index (χ0v) is 15.7. The predicted octanol–water partition coefficient (Wildman–Crippen LogP) is 2.27. The van der Waals surface area contributed by atoms with Crippen LogP contribution in [-0.4, -0.2) is 41.2 Å². The van der Waals surface area contributed by atoms with Crippen LogP contribution in [-0.2, 0) is 11.3 Å². The molecule has 0 spiro atoms. The van der Waals surface area contributed by atoms with E-state index in [4.69, 9.17) is 10.5 Å². The van der Waals surface area contributed by atoms with Gasteiger partial charge in [0.2, 0.25) is 0 Å². The molecule has 1 fully saturated rings. The van der Waals surface area contributed by atoms with Gasteiger partial charge in [-0.15, -0.1) is 11.3 Å². The zero-order valence-electron chi connectivity index (χ0n) is 14.9. The Morgan fingerprint density at radius 3 is 3.14 bits per heavy atom. The van der Waals surface area contributed by atoms with Gasteiger partial charge in [-0.3, -0.25) is 9.78 Å². The summed E-state index contributed by atoms with van der Waals surface area (Å²) < 4.78 is 21.5. The van der Waals surface area contributed by atoms with Crippen molar-refractivity contribution in [3.8, 4) is 10.6 Å². The number of nitrogens with one attached hydrogen (secondary N) is 2. The molecule has 1 amide bonds. The highest BCUT2D eigenvalue weighted by Gasteiger charge is 2.32. The Balaban J connectivity index is 1.63. The van der Waals surface area contributed by atoms with Crippen molar-refractivity contribution in [3.63, 3.8) is 0 Å². The first kappa shape index (κ1) is 17.5. The highest BCUT2D eigenvalue weighted by Crippen LogP contribution is 2.38. The van der Waals surface area contributed by atoms with Crippen LogP contribution in [0.1, 0.15) is 22.3 Å². The molecule has 28 heavy (non-hydrogen) atoms. The Bertz CT molecular complexity index is 1050. The maximum atomic E-state index is 15.1. The molecule has 144 valence electrons. The zero-order chi connectivity index (χ0) is 19.3. The van der Waals surface area contributed by atoms with Crippen molar-refractivity contribution >= 4 is 33.1 Å². The van der Waals surface area contributed by atoms with Crippen molar-refractivity contribution in [2.75, 3.05) is 18.5 Å². The van der Waals surface area contributed by atoms with Crippen LogP contribution in [0, 0.1) is 5.82 Å². The van der Waals surface area contributed by atoms with E-state index >= 15 is 4.39 Å². The third kappa shape index (κ3) is 2.83. The van der Waals surface area contributed by atoms with E-state index in [2.05, 4.69) is 20.6 Å². The molecule has 2 aliphatic heterocycles. The molecule has 5 rings (SSSR count). The first-order chi connectivity index (χ1) is 13.6. The van der Waals surface area contributed by atoms with Gasteiger partial charge in [0.1, 0.15) is 0 Å². The number of rotatable bonds is 3. The Morgan fingerprint density at radius 1 is 1.43 bits per heavy atom. The second kappa shape index (κ2) is 6.77. The number of hydrogen-bond donors (Lipinski definition) is 3. The summed E-state index contributed by atoms with van der Waals surface area (Å²) in [4.78, 5) is 21.9. The van der Waals surface area contributed by atoms with Gasteiger partial charge >= 0.3 is 0 Å². The summed E-state index contributed by atoms with van der Waals surface area (Å²) in [5.74, 6) is -0.678. The summed E-state index contributed by atoms with van der Waals surface area (Å²) in [6.45, 7) is 1.13.